The summed E-state index contributed by atoms with van der Waals surface area (Å²) in [6.45, 7) is 2.90. The topological polar surface area (TPSA) is 128 Å². The van der Waals surface area contributed by atoms with Gasteiger partial charge in [-0.3, -0.25) is 19.7 Å². The molecule has 2 N–H and O–H groups in total. The molecule has 0 heterocycles. The number of nitrogens with zero attached hydrogens (tertiary/aromatic N) is 1. The average molecular weight is 488 g/mol. The molecule has 34 heavy (non-hydrogen) atoms. The number of fused-ring (bicyclic) bond motifs is 1. The van der Waals surface area contributed by atoms with E-state index in [9.17, 15) is 24.5 Å². The lowest BCUT2D eigenvalue weighted by Crippen LogP contribution is -2.46. The number of carbonyl (C=O) groups excluding carboxylic acids is 3. The maximum absolute atomic E-state index is 12.7. The summed E-state index contributed by atoms with van der Waals surface area (Å²) in [5.41, 5.74) is 1.82. The van der Waals surface area contributed by atoms with E-state index in [1.54, 1.807) is 13.8 Å². The molecule has 2 amide bonds. The van der Waals surface area contributed by atoms with Gasteiger partial charge in [0.15, 0.2) is 6.61 Å². The van der Waals surface area contributed by atoms with Crippen molar-refractivity contribution in [2.45, 2.75) is 45.2 Å². The molecule has 0 spiro atoms. The van der Waals surface area contributed by atoms with E-state index in [1.807, 2.05) is 24.3 Å². The van der Waals surface area contributed by atoms with Crippen LogP contribution in [0.1, 0.15) is 54.2 Å². The summed E-state index contributed by atoms with van der Waals surface area (Å²) in [6.07, 6.45) is 2.71. The zero-order valence-electron chi connectivity index (χ0n) is 18.9. The van der Waals surface area contributed by atoms with Crippen molar-refractivity contribution in [2.24, 2.45) is 5.92 Å². The number of aryl methyl sites for hydroxylation is 1. The molecule has 0 aliphatic heterocycles. The molecule has 0 saturated heterocycles. The number of halogens is 1. The monoisotopic (exact) mass is 487 g/mol. The van der Waals surface area contributed by atoms with Crippen molar-refractivity contribution in [1.82, 2.24) is 10.6 Å². The standard InChI is InChI=1S/C24H26ClN3O6/c1-14(2)22(27-23(30)18-12-16(28(32)33)10-11-19(18)25)24(31)34-13-21(29)26-20-9-5-7-15-6-3-4-8-17(15)20/h3-4,6,8,10-12,14,20,22H,5,7,9,13H2,1-2H3,(H,26,29)(H,27,30)/t20-,22-/m1/s1. The molecule has 0 aromatic heterocycles. The van der Waals surface area contributed by atoms with E-state index in [0.29, 0.717) is 0 Å². The number of carbonyl (C=O) groups is 3. The second kappa shape index (κ2) is 11.1. The molecule has 2 aromatic rings. The summed E-state index contributed by atoms with van der Waals surface area (Å²) in [5.74, 6) is -2.36. The lowest BCUT2D eigenvalue weighted by atomic mass is 9.88. The number of esters is 1. The zero-order valence-corrected chi connectivity index (χ0v) is 19.6. The summed E-state index contributed by atoms with van der Waals surface area (Å²) in [4.78, 5) is 48.1. The molecule has 1 aliphatic rings. The third-order valence-electron chi connectivity index (χ3n) is 5.66. The third kappa shape index (κ3) is 6.11. The molecular formula is C24H26ClN3O6. The van der Waals surface area contributed by atoms with Crippen LogP contribution in [0.15, 0.2) is 42.5 Å². The Balaban J connectivity index is 1.60. The van der Waals surface area contributed by atoms with Gasteiger partial charge in [-0.15, -0.1) is 0 Å². The SMILES string of the molecule is CC(C)[C@@H](NC(=O)c1cc([N+](=O)[O-])ccc1Cl)C(=O)OCC(=O)N[C@@H]1CCCc2ccccc21. The minimum Gasteiger partial charge on any atom is -0.454 e. The van der Waals surface area contributed by atoms with Gasteiger partial charge in [0.25, 0.3) is 17.5 Å². The number of rotatable bonds is 8. The fourth-order valence-electron chi connectivity index (χ4n) is 3.88. The number of hydrogen-bond donors (Lipinski definition) is 2. The first-order valence-electron chi connectivity index (χ1n) is 11.0. The van der Waals surface area contributed by atoms with Gasteiger partial charge in [0, 0.05) is 12.1 Å². The average Bonchev–Trinajstić information content (AvgIpc) is 2.81. The molecular weight excluding hydrogens is 462 g/mol. The Hall–Kier alpha value is -3.46. The minimum atomic E-state index is -1.08. The van der Waals surface area contributed by atoms with Crippen LogP contribution in [0.3, 0.4) is 0 Å². The van der Waals surface area contributed by atoms with Crippen LogP contribution in [0.2, 0.25) is 5.02 Å². The van der Waals surface area contributed by atoms with Gasteiger partial charge in [0.1, 0.15) is 6.04 Å². The maximum Gasteiger partial charge on any atom is 0.329 e. The van der Waals surface area contributed by atoms with E-state index >= 15 is 0 Å². The molecule has 0 fully saturated rings. The smallest absolute Gasteiger partial charge is 0.329 e. The quantitative estimate of drug-likeness (QED) is 0.331. The number of benzene rings is 2. The molecule has 0 bridgehead atoms. The minimum absolute atomic E-state index is 0.00566. The van der Waals surface area contributed by atoms with Crippen molar-refractivity contribution in [1.29, 1.82) is 0 Å². The van der Waals surface area contributed by atoms with Gasteiger partial charge in [0.2, 0.25) is 0 Å². The summed E-state index contributed by atoms with van der Waals surface area (Å²) in [6, 6.07) is 10.1. The Morgan fingerprint density at radius 2 is 1.94 bits per heavy atom. The number of amides is 2. The van der Waals surface area contributed by atoms with Crippen molar-refractivity contribution in [3.8, 4) is 0 Å². The predicted molar refractivity (Wildman–Crippen MR) is 125 cm³/mol. The Labute approximate surface area is 202 Å². The van der Waals surface area contributed by atoms with Crippen molar-refractivity contribution in [3.63, 3.8) is 0 Å². The van der Waals surface area contributed by atoms with Gasteiger partial charge in [-0.1, -0.05) is 49.7 Å². The van der Waals surface area contributed by atoms with Crippen LogP contribution in [-0.2, 0) is 20.7 Å². The van der Waals surface area contributed by atoms with E-state index in [4.69, 9.17) is 16.3 Å². The van der Waals surface area contributed by atoms with Gasteiger partial charge in [0.05, 0.1) is 21.6 Å². The Morgan fingerprint density at radius 1 is 1.21 bits per heavy atom. The van der Waals surface area contributed by atoms with E-state index in [2.05, 4.69) is 10.6 Å². The van der Waals surface area contributed by atoms with Crippen LogP contribution >= 0.6 is 11.6 Å². The predicted octanol–water partition coefficient (Wildman–Crippen LogP) is 3.74. The highest BCUT2D eigenvalue weighted by Crippen LogP contribution is 2.29. The summed E-state index contributed by atoms with van der Waals surface area (Å²) < 4.78 is 5.18. The Kier molecular flexibility index (Phi) is 8.22. The van der Waals surface area contributed by atoms with Gasteiger partial charge >= 0.3 is 5.97 Å². The van der Waals surface area contributed by atoms with Gasteiger partial charge in [-0.2, -0.15) is 0 Å². The number of ether oxygens (including phenoxy) is 1. The first-order valence-corrected chi connectivity index (χ1v) is 11.3. The number of hydrogen-bond acceptors (Lipinski definition) is 6. The fourth-order valence-corrected chi connectivity index (χ4v) is 4.09. The molecule has 9 nitrogen and oxygen atoms in total. The molecule has 2 aromatic carbocycles. The van der Waals surface area contributed by atoms with Crippen LogP contribution in [0.25, 0.3) is 0 Å². The van der Waals surface area contributed by atoms with Crippen LogP contribution in [0.4, 0.5) is 5.69 Å². The number of nitro benzene ring substituents is 1. The van der Waals surface area contributed by atoms with E-state index in [0.717, 1.165) is 30.9 Å². The molecule has 1 aliphatic carbocycles. The van der Waals surface area contributed by atoms with Crippen molar-refractivity contribution in [2.75, 3.05) is 6.61 Å². The first kappa shape index (κ1) is 25.2. The van der Waals surface area contributed by atoms with Crippen molar-refractivity contribution in [3.05, 3.63) is 74.3 Å². The fraction of sp³-hybridized carbons (Fsp3) is 0.375. The van der Waals surface area contributed by atoms with E-state index in [1.165, 1.54) is 17.7 Å². The lowest BCUT2D eigenvalue weighted by molar-refractivity contribution is -0.384. The summed E-state index contributed by atoms with van der Waals surface area (Å²) in [7, 11) is 0. The lowest BCUT2D eigenvalue weighted by Gasteiger charge is -2.26. The van der Waals surface area contributed by atoms with Crippen LogP contribution in [-0.4, -0.2) is 35.4 Å². The molecule has 0 saturated carbocycles. The third-order valence-corrected chi connectivity index (χ3v) is 5.99. The first-order chi connectivity index (χ1) is 16.2. The van der Waals surface area contributed by atoms with Gasteiger partial charge < -0.3 is 15.4 Å². The normalized spacial score (nSPS) is 15.7. The molecule has 10 heteroatoms. The highest BCUT2D eigenvalue weighted by Gasteiger charge is 2.29. The Bertz CT molecular complexity index is 1100. The summed E-state index contributed by atoms with van der Waals surface area (Å²) >= 11 is 6.02. The molecule has 180 valence electrons. The van der Waals surface area contributed by atoms with Gasteiger partial charge in [-0.05, 0) is 42.4 Å². The van der Waals surface area contributed by atoms with Gasteiger partial charge in [-0.25, -0.2) is 4.79 Å². The maximum atomic E-state index is 12.7. The van der Waals surface area contributed by atoms with Crippen LogP contribution < -0.4 is 10.6 Å². The highest BCUT2D eigenvalue weighted by atomic mass is 35.5. The molecule has 0 radical (unpaired) electrons. The van der Waals surface area contributed by atoms with Crippen molar-refractivity contribution >= 4 is 35.1 Å². The van der Waals surface area contributed by atoms with E-state index < -0.39 is 35.4 Å². The number of non-ortho nitro benzene ring substituents is 1. The Morgan fingerprint density at radius 3 is 2.65 bits per heavy atom. The molecule has 0 unspecified atom stereocenters. The van der Waals surface area contributed by atoms with E-state index in [-0.39, 0.29) is 28.2 Å². The largest absolute Gasteiger partial charge is 0.454 e. The van der Waals surface area contributed by atoms with Crippen LogP contribution in [0.5, 0.6) is 0 Å². The molecule has 2 atom stereocenters. The summed E-state index contributed by atoms with van der Waals surface area (Å²) in [5, 5.41) is 16.4. The zero-order chi connectivity index (χ0) is 24.8. The number of nitro groups is 1. The second-order valence-corrected chi connectivity index (χ2v) is 8.84. The highest BCUT2D eigenvalue weighted by molar-refractivity contribution is 6.34. The second-order valence-electron chi connectivity index (χ2n) is 8.44. The number of nitrogens with one attached hydrogen (secondary N) is 2. The van der Waals surface area contributed by atoms with Crippen molar-refractivity contribution < 1.29 is 24.0 Å². The molecule has 3 rings (SSSR count). The van der Waals surface area contributed by atoms with Crippen LogP contribution in [0, 0.1) is 16.0 Å².